The third-order valence-electron chi connectivity index (χ3n) is 3.05. The van der Waals surface area contributed by atoms with E-state index < -0.39 is 15.3 Å². The number of piperidine rings is 1. The van der Waals surface area contributed by atoms with Crippen LogP contribution in [0.2, 0.25) is 0 Å². The molecule has 0 aromatic rings. The number of nitrogens with zero attached hydrogens (tertiary/aromatic N) is 2. The van der Waals surface area contributed by atoms with E-state index in [1.807, 2.05) is 6.07 Å². The fraction of sp³-hybridized carbons (Fsp3) is 0.900. The summed E-state index contributed by atoms with van der Waals surface area (Å²) in [6.07, 6.45) is 2.15. The highest BCUT2D eigenvalue weighted by molar-refractivity contribution is 7.90. The minimum Gasteiger partial charge on any atom is -0.330 e. The maximum Gasteiger partial charge on any atom is 0.230 e. The van der Waals surface area contributed by atoms with Crippen molar-refractivity contribution in [2.24, 2.45) is 11.7 Å². The molecule has 1 heterocycles. The lowest BCUT2D eigenvalue weighted by atomic mass is 10.0. The third-order valence-corrected chi connectivity index (χ3v) is 5.26. The van der Waals surface area contributed by atoms with Gasteiger partial charge in [-0.2, -0.15) is 5.26 Å². The molecule has 1 aliphatic rings. The normalized spacial score (nSPS) is 24.9. The van der Waals surface area contributed by atoms with Crippen LogP contribution >= 0.6 is 0 Å². The Kier molecular flexibility index (Phi) is 4.71. The Hall–Kier alpha value is -0.640. The first-order chi connectivity index (χ1) is 7.56. The van der Waals surface area contributed by atoms with Gasteiger partial charge in [0.2, 0.25) is 10.0 Å². The molecular weight excluding hydrogens is 226 g/mol. The Balaban J connectivity index is 2.80. The number of hydrogen-bond donors (Lipinski definition) is 1. The van der Waals surface area contributed by atoms with Crippen molar-refractivity contribution >= 4 is 10.0 Å². The van der Waals surface area contributed by atoms with Crippen LogP contribution in [0, 0.1) is 17.2 Å². The quantitative estimate of drug-likeness (QED) is 0.771. The van der Waals surface area contributed by atoms with Crippen molar-refractivity contribution < 1.29 is 8.42 Å². The monoisotopic (exact) mass is 245 g/mol. The highest BCUT2D eigenvalue weighted by Crippen LogP contribution is 2.21. The van der Waals surface area contributed by atoms with Crippen LogP contribution in [0.4, 0.5) is 0 Å². The van der Waals surface area contributed by atoms with Crippen LogP contribution in [-0.4, -0.2) is 37.6 Å². The fourth-order valence-electron chi connectivity index (χ4n) is 2.00. The lowest BCUT2D eigenvalue weighted by Gasteiger charge is -2.32. The largest absolute Gasteiger partial charge is 0.330 e. The molecule has 0 radical (unpaired) electrons. The van der Waals surface area contributed by atoms with Crippen LogP contribution in [-0.2, 0) is 10.0 Å². The summed E-state index contributed by atoms with van der Waals surface area (Å²) in [7, 11) is -3.45. The SMILES string of the molecule is CCC(C#N)S(=O)(=O)N1CCCC(CN)C1. The molecule has 1 fully saturated rings. The molecule has 5 nitrogen and oxygen atoms in total. The van der Waals surface area contributed by atoms with Gasteiger partial charge in [0.15, 0.2) is 5.25 Å². The first-order valence-corrected chi connectivity index (χ1v) is 7.15. The summed E-state index contributed by atoms with van der Waals surface area (Å²) < 4.78 is 25.6. The number of hydrogen-bond acceptors (Lipinski definition) is 4. The molecule has 0 amide bonds. The van der Waals surface area contributed by atoms with Gasteiger partial charge in [-0.15, -0.1) is 0 Å². The Morgan fingerprint density at radius 2 is 2.31 bits per heavy atom. The zero-order valence-electron chi connectivity index (χ0n) is 9.59. The predicted molar refractivity (Wildman–Crippen MR) is 62.0 cm³/mol. The van der Waals surface area contributed by atoms with Crippen molar-refractivity contribution in [3.05, 3.63) is 0 Å². The Morgan fingerprint density at radius 1 is 1.62 bits per heavy atom. The number of nitrogens with two attached hydrogens (primary N) is 1. The Labute approximate surface area is 97.3 Å². The lowest BCUT2D eigenvalue weighted by Crippen LogP contribution is -2.45. The molecule has 0 saturated carbocycles. The predicted octanol–water partition coefficient (Wildman–Crippen LogP) is 0.289. The van der Waals surface area contributed by atoms with E-state index >= 15 is 0 Å². The molecular formula is C10H19N3O2S. The molecule has 2 atom stereocenters. The summed E-state index contributed by atoms with van der Waals surface area (Å²) in [6.45, 7) is 3.22. The molecule has 0 bridgehead atoms. The second-order valence-electron chi connectivity index (χ2n) is 4.17. The van der Waals surface area contributed by atoms with Crippen LogP contribution in [0.5, 0.6) is 0 Å². The third kappa shape index (κ3) is 2.73. The van der Waals surface area contributed by atoms with Crippen LogP contribution in [0.1, 0.15) is 26.2 Å². The summed E-state index contributed by atoms with van der Waals surface area (Å²) in [5.41, 5.74) is 5.56. The summed E-state index contributed by atoms with van der Waals surface area (Å²) in [4.78, 5) is 0. The summed E-state index contributed by atoms with van der Waals surface area (Å²) in [5, 5.41) is 7.92. The van der Waals surface area contributed by atoms with Crippen molar-refractivity contribution in [1.82, 2.24) is 4.31 Å². The molecule has 0 aromatic carbocycles. The highest BCUT2D eigenvalue weighted by atomic mass is 32.2. The lowest BCUT2D eigenvalue weighted by molar-refractivity contribution is 0.270. The molecule has 1 saturated heterocycles. The molecule has 1 aliphatic heterocycles. The van der Waals surface area contributed by atoms with E-state index in [0.29, 0.717) is 26.1 Å². The van der Waals surface area contributed by atoms with E-state index in [1.165, 1.54) is 4.31 Å². The Morgan fingerprint density at radius 3 is 2.81 bits per heavy atom. The zero-order chi connectivity index (χ0) is 12.2. The molecule has 2 N–H and O–H groups in total. The molecule has 2 unspecified atom stereocenters. The average molecular weight is 245 g/mol. The minimum absolute atomic E-state index is 0.236. The average Bonchev–Trinajstić information content (AvgIpc) is 2.30. The maximum absolute atomic E-state index is 12.1. The van der Waals surface area contributed by atoms with Crippen LogP contribution in [0.15, 0.2) is 0 Å². The van der Waals surface area contributed by atoms with Crippen molar-refractivity contribution in [2.45, 2.75) is 31.4 Å². The molecule has 0 aromatic heterocycles. The van der Waals surface area contributed by atoms with E-state index in [1.54, 1.807) is 6.92 Å². The van der Waals surface area contributed by atoms with Crippen molar-refractivity contribution in [1.29, 1.82) is 5.26 Å². The van der Waals surface area contributed by atoms with Crippen molar-refractivity contribution in [2.75, 3.05) is 19.6 Å². The second kappa shape index (κ2) is 5.62. The van der Waals surface area contributed by atoms with E-state index in [2.05, 4.69) is 0 Å². The molecule has 0 aliphatic carbocycles. The summed E-state index contributed by atoms with van der Waals surface area (Å²) >= 11 is 0. The van der Waals surface area contributed by atoms with Gasteiger partial charge in [-0.1, -0.05) is 6.92 Å². The topological polar surface area (TPSA) is 87.2 Å². The maximum atomic E-state index is 12.1. The first-order valence-electron chi connectivity index (χ1n) is 5.64. The molecule has 92 valence electrons. The molecule has 16 heavy (non-hydrogen) atoms. The Bertz CT molecular complexity index is 361. The van der Waals surface area contributed by atoms with Crippen LogP contribution in [0.3, 0.4) is 0 Å². The van der Waals surface area contributed by atoms with Gasteiger partial charge in [-0.25, -0.2) is 12.7 Å². The van der Waals surface area contributed by atoms with Crippen LogP contribution < -0.4 is 5.73 Å². The van der Waals surface area contributed by atoms with Crippen molar-refractivity contribution in [3.8, 4) is 6.07 Å². The summed E-state index contributed by atoms with van der Waals surface area (Å²) in [6, 6.07) is 1.86. The number of rotatable bonds is 4. The van der Waals surface area contributed by atoms with Gasteiger partial charge in [-0.3, -0.25) is 0 Å². The first kappa shape index (κ1) is 13.4. The van der Waals surface area contributed by atoms with Gasteiger partial charge in [0.1, 0.15) is 0 Å². The van der Waals surface area contributed by atoms with Gasteiger partial charge in [0.25, 0.3) is 0 Å². The van der Waals surface area contributed by atoms with E-state index in [9.17, 15) is 8.42 Å². The highest BCUT2D eigenvalue weighted by Gasteiger charge is 2.33. The molecule has 0 spiro atoms. The van der Waals surface area contributed by atoms with Gasteiger partial charge in [-0.05, 0) is 31.7 Å². The summed E-state index contributed by atoms with van der Waals surface area (Å²) in [5.74, 6) is 0.236. The number of sulfonamides is 1. The minimum atomic E-state index is -3.45. The number of nitriles is 1. The smallest absolute Gasteiger partial charge is 0.230 e. The van der Waals surface area contributed by atoms with E-state index in [-0.39, 0.29) is 5.92 Å². The molecule has 1 rings (SSSR count). The van der Waals surface area contributed by atoms with Crippen molar-refractivity contribution in [3.63, 3.8) is 0 Å². The van der Waals surface area contributed by atoms with E-state index in [4.69, 9.17) is 11.0 Å². The van der Waals surface area contributed by atoms with Crippen LogP contribution in [0.25, 0.3) is 0 Å². The van der Waals surface area contributed by atoms with Gasteiger partial charge < -0.3 is 5.73 Å². The fourth-order valence-corrected chi connectivity index (χ4v) is 3.72. The van der Waals surface area contributed by atoms with Gasteiger partial charge in [0.05, 0.1) is 6.07 Å². The van der Waals surface area contributed by atoms with E-state index in [0.717, 1.165) is 12.8 Å². The second-order valence-corrected chi connectivity index (χ2v) is 6.29. The molecule has 6 heteroatoms. The standard InChI is InChI=1S/C10H19N3O2S/c1-2-10(7-12)16(14,15)13-5-3-4-9(6-11)8-13/h9-10H,2-6,8,11H2,1H3. The van der Waals surface area contributed by atoms with Gasteiger partial charge in [0, 0.05) is 13.1 Å². The van der Waals surface area contributed by atoms with Gasteiger partial charge >= 0.3 is 0 Å². The zero-order valence-corrected chi connectivity index (χ0v) is 10.4.